The Kier molecular flexibility index (Phi) is 2.90. The molecule has 0 aliphatic carbocycles. The second kappa shape index (κ2) is 4.34. The predicted molar refractivity (Wildman–Crippen MR) is 59.7 cm³/mol. The minimum atomic E-state index is 0.144. The van der Waals surface area contributed by atoms with E-state index in [4.69, 9.17) is 4.74 Å². The first-order valence-electron chi connectivity index (χ1n) is 5.35. The highest BCUT2D eigenvalue weighted by molar-refractivity contribution is 6.08. The van der Waals surface area contributed by atoms with Crippen molar-refractivity contribution in [1.29, 1.82) is 0 Å². The Morgan fingerprint density at radius 3 is 3.13 bits per heavy atom. The van der Waals surface area contributed by atoms with Gasteiger partial charge in [-0.25, -0.2) is 0 Å². The minimum absolute atomic E-state index is 0.144. The SMILES string of the molecule is CCCCOc1ccc2c(c1)C(=O)CN2. The Labute approximate surface area is 89.4 Å². The molecular formula is C12H15NO2. The summed E-state index contributed by atoms with van der Waals surface area (Å²) in [6, 6.07) is 5.63. The van der Waals surface area contributed by atoms with Crippen molar-refractivity contribution < 1.29 is 9.53 Å². The molecule has 1 aromatic rings. The Balaban J connectivity index is 2.08. The Morgan fingerprint density at radius 1 is 1.47 bits per heavy atom. The first kappa shape index (κ1) is 10.0. The molecule has 15 heavy (non-hydrogen) atoms. The second-order valence-electron chi connectivity index (χ2n) is 3.69. The molecule has 2 rings (SSSR count). The molecule has 0 amide bonds. The monoisotopic (exact) mass is 205 g/mol. The van der Waals surface area contributed by atoms with Crippen molar-refractivity contribution in [3.8, 4) is 5.75 Å². The third kappa shape index (κ3) is 2.12. The van der Waals surface area contributed by atoms with Crippen LogP contribution in [0, 0.1) is 0 Å². The van der Waals surface area contributed by atoms with Crippen molar-refractivity contribution in [2.75, 3.05) is 18.5 Å². The van der Waals surface area contributed by atoms with Gasteiger partial charge in [-0.15, -0.1) is 0 Å². The number of carbonyl (C=O) groups excluding carboxylic acids is 1. The molecule has 1 aromatic carbocycles. The molecule has 1 heterocycles. The number of ketones is 1. The van der Waals surface area contributed by atoms with E-state index in [1.54, 1.807) is 0 Å². The second-order valence-corrected chi connectivity index (χ2v) is 3.69. The predicted octanol–water partition coefficient (Wildman–Crippen LogP) is 2.47. The number of ether oxygens (including phenoxy) is 1. The molecule has 0 radical (unpaired) electrons. The Hall–Kier alpha value is -1.51. The average molecular weight is 205 g/mol. The third-order valence-corrected chi connectivity index (χ3v) is 2.50. The van der Waals surface area contributed by atoms with Crippen LogP contribution in [0.5, 0.6) is 5.75 Å². The van der Waals surface area contributed by atoms with Gasteiger partial charge < -0.3 is 10.1 Å². The summed E-state index contributed by atoms with van der Waals surface area (Å²) in [6.07, 6.45) is 2.16. The van der Waals surface area contributed by atoms with Gasteiger partial charge in [0.1, 0.15) is 5.75 Å². The number of hydrogen-bond donors (Lipinski definition) is 1. The molecule has 0 saturated carbocycles. The van der Waals surface area contributed by atoms with E-state index in [1.807, 2.05) is 18.2 Å². The average Bonchev–Trinajstić information content (AvgIpc) is 2.61. The van der Waals surface area contributed by atoms with E-state index in [2.05, 4.69) is 12.2 Å². The molecule has 0 atom stereocenters. The zero-order valence-electron chi connectivity index (χ0n) is 8.88. The van der Waals surface area contributed by atoms with Gasteiger partial charge in [0.05, 0.1) is 13.2 Å². The largest absolute Gasteiger partial charge is 0.494 e. The summed E-state index contributed by atoms with van der Waals surface area (Å²) < 4.78 is 5.54. The van der Waals surface area contributed by atoms with Crippen molar-refractivity contribution >= 4 is 11.5 Å². The van der Waals surface area contributed by atoms with Gasteiger partial charge in [0.2, 0.25) is 0 Å². The number of anilines is 1. The molecule has 1 aliphatic rings. The van der Waals surface area contributed by atoms with Crippen LogP contribution in [0.1, 0.15) is 30.1 Å². The number of benzene rings is 1. The molecule has 0 saturated heterocycles. The van der Waals surface area contributed by atoms with Crippen LogP contribution in [0.25, 0.3) is 0 Å². The quantitative estimate of drug-likeness (QED) is 0.767. The van der Waals surface area contributed by atoms with Crippen LogP contribution in [0.2, 0.25) is 0 Å². The molecule has 3 heteroatoms. The maximum absolute atomic E-state index is 11.4. The van der Waals surface area contributed by atoms with Crippen LogP contribution in [0.3, 0.4) is 0 Å². The standard InChI is InChI=1S/C12H15NO2/c1-2-3-6-15-9-4-5-11-10(7-9)12(14)8-13-11/h4-5,7,13H,2-3,6,8H2,1H3. The molecule has 0 unspecified atom stereocenters. The van der Waals surface area contributed by atoms with Crippen LogP contribution >= 0.6 is 0 Å². The molecular weight excluding hydrogens is 190 g/mol. The number of Topliss-reactive ketones (excluding diaryl/α,β-unsaturated/α-hetero) is 1. The highest BCUT2D eigenvalue weighted by atomic mass is 16.5. The molecule has 80 valence electrons. The van der Waals surface area contributed by atoms with Gasteiger partial charge in [-0.05, 0) is 24.6 Å². The van der Waals surface area contributed by atoms with Crippen LogP contribution in [0.15, 0.2) is 18.2 Å². The maximum atomic E-state index is 11.4. The van der Waals surface area contributed by atoms with E-state index in [0.29, 0.717) is 6.54 Å². The summed E-state index contributed by atoms with van der Waals surface area (Å²) in [5.41, 5.74) is 1.67. The third-order valence-electron chi connectivity index (χ3n) is 2.50. The molecule has 0 fully saturated rings. The number of nitrogens with one attached hydrogen (secondary N) is 1. The lowest BCUT2D eigenvalue weighted by molar-refractivity contribution is 0.101. The summed E-state index contributed by atoms with van der Waals surface area (Å²) >= 11 is 0. The van der Waals surface area contributed by atoms with Crippen LogP contribution in [-0.4, -0.2) is 18.9 Å². The van der Waals surface area contributed by atoms with Gasteiger partial charge in [-0.1, -0.05) is 13.3 Å². The van der Waals surface area contributed by atoms with E-state index in [-0.39, 0.29) is 5.78 Å². The fourth-order valence-corrected chi connectivity index (χ4v) is 1.60. The summed E-state index contributed by atoms with van der Waals surface area (Å²) in [5.74, 6) is 0.935. The Morgan fingerprint density at radius 2 is 2.33 bits per heavy atom. The topological polar surface area (TPSA) is 38.3 Å². The van der Waals surface area contributed by atoms with E-state index in [9.17, 15) is 4.79 Å². The highest BCUT2D eigenvalue weighted by Crippen LogP contribution is 2.26. The van der Waals surface area contributed by atoms with E-state index in [0.717, 1.165) is 36.4 Å². The van der Waals surface area contributed by atoms with Crippen molar-refractivity contribution in [2.45, 2.75) is 19.8 Å². The Bertz CT molecular complexity index is 374. The molecule has 0 aromatic heterocycles. The van der Waals surface area contributed by atoms with E-state index in [1.165, 1.54) is 0 Å². The first-order valence-corrected chi connectivity index (χ1v) is 5.35. The van der Waals surface area contributed by atoms with Crippen molar-refractivity contribution in [3.05, 3.63) is 23.8 Å². The van der Waals surface area contributed by atoms with Crippen molar-refractivity contribution in [3.63, 3.8) is 0 Å². The van der Waals surface area contributed by atoms with Gasteiger partial charge in [-0.3, -0.25) is 4.79 Å². The van der Waals surface area contributed by atoms with Crippen LogP contribution in [-0.2, 0) is 0 Å². The summed E-state index contributed by atoms with van der Waals surface area (Å²) in [5, 5.41) is 3.04. The lowest BCUT2D eigenvalue weighted by Crippen LogP contribution is -2.01. The van der Waals surface area contributed by atoms with E-state index >= 15 is 0 Å². The highest BCUT2D eigenvalue weighted by Gasteiger charge is 2.18. The number of rotatable bonds is 4. The fourth-order valence-electron chi connectivity index (χ4n) is 1.60. The number of fused-ring (bicyclic) bond motifs is 1. The van der Waals surface area contributed by atoms with Crippen LogP contribution < -0.4 is 10.1 Å². The maximum Gasteiger partial charge on any atom is 0.184 e. The summed E-state index contributed by atoms with van der Waals surface area (Å²) in [4.78, 5) is 11.4. The van der Waals surface area contributed by atoms with Crippen molar-refractivity contribution in [2.24, 2.45) is 0 Å². The number of unbranched alkanes of at least 4 members (excludes halogenated alkanes) is 1. The lowest BCUT2D eigenvalue weighted by atomic mass is 10.1. The number of carbonyl (C=O) groups is 1. The minimum Gasteiger partial charge on any atom is -0.494 e. The normalized spacial score (nSPS) is 13.5. The molecule has 0 spiro atoms. The zero-order valence-corrected chi connectivity index (χ0v) is 8.88. The van der Waals surface area contributed by atoms with Gasteiger partial charge in [0.25, 0.3) is 0 Å². The smallest absolute Gasteiger partial charge is 0.184 e. The molecule has 3 nitrogen and oxygen atoms in total. The van der Waals surface area contributed by atoms with E-state index < -0.39 is 0 Å². The van der Waals surface area contributed by atoms with Gasteiger partial charge in [-0.2, -0.15) is 0 Å². The van der Waals surface area contributed by atoms with Crippen molar-refractivity contribution in [1.82, 2.24) is 0 Å². The molecule has 0 bridgehead atoms. The summed E-state index contributed by atoms with van der Waals surface area (Å²) in [7, 11) is 0. The van der Waals surface area contributed by atoms with Gasteiger partial charge in [0.15, 0.2) is 5.78 Å². The lowest BCUT2D eigenvalue weighted by Gasteiger charge is -2.06. The first-order chi connectivity index (χ1) is 7.31. The van der Waals surface area contributed by atoms with Crippen LogP contribution in [0.4, 0.5) is 5.69 Å². The van der Waals surface area contributed by atoms with Gasteiger partial charge in [0, 0.05) is 11.3 Å². The fraction of sp³-hybridized carbons (Fsp3) is 0.417. The number of hydrogen-bond acceptors (Lipinski definition) is 3. The molecule has 1 aliphatic heterocycles. The molecule has 1 N–H and O–H groups in total. The summed E-state index contributed by atoms with van der Waals surface area (Å²) in [6.45, 7) is 3.25. The van der Waals surface area contributed by atoms with Gasteiger partial charge >= 0.3 is 0 Å². The zero-order chi connectivity index (χ0) is 10.7.